The van der Waals surface area contributed by atoms with E-state index in [9.17, 15) is 26.8 Å². The third kappa shape index (κ3) is 8.83. The van der Waals surface area contributed by atoms with E-state index >= 15 is 0 Å². The van der Waals surface area contributed by atoms with Gasteiger partial charge in [-0.15, -0.1) is 0 Å². The molecule has 2 aromatic carbocycles. The van der Waals surface area contributed by atoms with Crippen LogP contribution in [0.15, 0.2) is 36.4 Å². The number of anilines is 1. The van der Waals surface area contributed by atoms with Crippen LogP contribution in [0.1, 0.15) is 46.1 Å². The zero-order valence-corrected chi connectivity index (χ0v) is 23.6. The number of nitrogens with zero attached hydrogens (tertiary/aromatic N) is 2. The molecule has 2 rings (SSSR count). The molecule has 0 spiro atoms. The minimum absolute atomic E-state index is 0.0466. The smallest absolute Gasteiger partial charge is 0.242 e. The van der Waals surface area contributed by atoms with Gasteiger partial charge in [-0.05, 0) is 58.4 Å². The second-order valence-corrected chi connectivity index (χ2v) is 12.4. The predicted molar refractivity (Wildman–Crippen MR) is 142 cm³/mol. The van der Waals surface area contributed by atoms with E-state index in [2.05, 4.69) is 5.32 Å². The number of halogens is 4. The van der Waals surface area contributed by atoms with Crippen molar-refractivity contribution in [1.82, 2.24) is 10.2 Å². The quantitative estimate of drug-likeness (QED) is 0.423. The Morgan fingerprint density at radius 3 is 2.16 bits per heavy atom. The van der Waals surface area contributed by atoms with Crippen LogP contribution < -0.4 is 9.62 Å². The number of nitrogens with one attached hydrogen (secondary N) is 1. The number of benzene rings is 2. The summed E-state index contributed by atoms with van der Waals surface area (Å²) < 4.78 is 52.6. The molecule has 7 nitrogen and oxygen atoms in total. The average Bonchev–Trinajstić information content (AvgIpc) is 2.76. The lowest BCUT2D eigenvalue weighted by molar-refractivity contribution is -0.141. The Morgan fingerprint density at radius 1 is 1.05 bits per heavy atom. The average molecular weight is 579 g/mol. The van der Waals surface area contributed by atoms with Gasteiger partial charge < -0.3 is 10.2 Å². The van der Waals surface area contributed by atoms with Gasteiger partial charge in [-0.3, -0.25) is 13.9 Å². The van der Waals surface area contributed by atoms with Crippen LogP contribution in [0.5, 0.6) is 0 Å². The Kier molecular flexibility index (Phi) is 10.3. The Balaban J connectivity index is 2.26. The van der Waals surface area contributed by atoms with Crippen molar-refractivity contribution in [3.05, 3.63) is 63.6 Å². The maximum Gasteiger partial charge on any atom is 0.242 e. The van der Waals surface area contributed by atoms with Crippen molar-refractivity contribution in [2.75, 3.05) is 17.1 Å². The fraction of sp³-hybridized carbons (Fsp3) is 0.440. The van der Waals surface area contributed by atoms with Crippen molar-refractivity contribution >= 4 is 50.7 Å². The fourth-order valence-corrected chi connectivity index (χ4v) is 5.03. The SMILES string of the molecule is C[C@@H](C(=O)NC(C)(C)C)N(Cc1c(Cl)cccc1Cl)C(=O)CCCN(c1ccc(F)c(F)c1)S(C)(=O)=O. The van der Waals surface area contributed by atoms with E-state index in [1.165, 1.54) is 4.90 Å². The summed E-state index contributed by atoms with van der Waals surface area (Å²) in [6, 6.07) is 6.77. The molecule has 0 bridgehead atoms. The molecular formula is C25H31Cl2F2N3O4S. The maximum absolute atomic E-state index is 13.7. The molecule has 12 heteroatoms. The number of sulfonamides is 1. The van der Waals surface area contributed by atoms with Crippen molar-refractivity contribution in [2.24, 2.45) is 0 Å². The second kappa shape index (κ2) is 12.4. The first-order valence-electron chi connectivity index (χ1n) is 11.5. The molecule has 0 radical (unpaired) electrons. The molecule has 0 unspecified atom stereocenters. The van der Waals surface area contributed by atoms with Gasteiger partial charge in [-0.1, -0.05) is 29.3 Å². The summed E-state index contributed by atoms with van der Waals surface area (Å²) in [4.78, 5) is 27.6. The summed E-state index contributed by atoms with van der Waals surface area (Å²) in [6.07, 6.45) is 0.844. The molecule has 0 aliphatic heterocycles. The van der Waals surface area contributed by atoms with Crippen molar-refractivity contribution in [3.8, 4) is 0 Å². The highest BCUT2D eigenvalue weighted by Crippen LogP contribution is 2.27. The molecule has 0 saturated carbocycles. The van der Waals surface area contributed by atoms with Gasteiger partial charge >= 0.3 is 0 Å². The van der Waals surface area contributed by atoms with Crippen molar-refractivity contribution in [1.29, 1.82) is 0 Å². The van der Waals surface area contributed by atoms with E-state index in [4.69, 9.17) is 23.2 Å². The van der Waals surface area contributed by atoms with E-state index in [-0.39, 0.29) is 37.5 Å². The van der Waals surface area contributed by atoms with E-state index in [1.54, 1.807) is 25.1 Å². The van der Waals surface area contributed by atoms with Gasteiger partial charge in [0.2, 0.25) is 21.8 Å². The van der Waals surface area contributed by atoms with E-state index < -0.39 is 39.1 Å². The lowest BCUT2D eigenvalue weighted by atomic mass is 10.1. The van der Waals surface area contributed by atoms with Crippen LogP contribution in [0, 0.1) is 11.6 Å². The molecule has 0 saturated heterocycles. The summed E-state index contributed by atoms with van der Waals surface area (Å²) in [6.45, 7) is 6.80. The zero-order valence-electron chi connectivity index (χ0n) is 21.3. The molecule has 1 atom stereocenters. The Hall–Kier alpha value is -2.43. The predicted octanol–water partition coefficient (Wildman–Crippen LogP) is 5.15. The van der Waals surface area contributed by atoms with Crippen LogP contribution in [-0.4, -0.2) is 49.5 Å². The van der Waals surface area contributed by atoms with Gasteiger partial charge in [0, 0.05) is 46.7 Å². The van der Waals surface area contributed by atoms with Crippen LogP contribution in [0.3, 0.4) is 0 Å². The largest absolute Gasteiger partial charge is 0.350 e. The third-order valence-corrected chi connectivity index (χ3v) is 7.30. The van der Waals surface area contributed by atoms with Crippen LogP contribution in [0.2, 0.25) is 10.0 Å². The van der Waals surface area contributed by atoms with E-state index in [1.807, 2.05) is 20.8 Å². The topological polar surface area (TPSA) is 86.8 Å². The number of carbonyl (C=O) groups excluding carboxylic acids is 2. The van der Waals surface area contributed by atoms with Gasteiger partial charge in [0.15, 0.2) is 11.6 Å². The lowest BCUT2D eigenvalue weighted by Gasteiger charge is -2.32. The fourth-order valence-electron chi connectivity index (χ4n) is 3.55. The van der Waals surface area contributed by atoms with E-state index in [0.29, 0.717) is 15.6 Å². The molecule has 0 heterocycles. The van der Waals surface area contributed by atoms with Gasteiger partial charge in [-0.2, -0.15) is 0 Å². The first-order chi connectivity index (χ1) is 17.0. The number of rotatable bonds is 10. The van der Waals surface area contributed by atoms with Crippen LogP contribution in [0.4, 0.5) is 14.5 Å². The van der Waals surface area contributed by atoms with Gasteiger partial charge in [-0.25, -0.2) is 17.2 Å². The maximum atomic E-state index is 13.7. The number of amides is 2. The minimum atomic E-state index is -3.86. The molecule has 0 aliphatic carbocycles. The molecule has 0 aliphatic rings. The minimum Gasteiger partial charge on any atom is -0.350 e. The van der Waals surface area contributed by atoms with E-state index in [0.717, 1.165) is 28.8 Å². The zero-order chi connectivity index (χ0) is 28.1. The number of hydrogen-bond acceptors (Lipinski definition) is 4. The standard InChI is InChI=1S/C25H31Cl2F2N3O4S/c1-16(24(34)30-25(2,3)4)31(15-18-19(26)8-6-9-20(18)27)23(33)10-7-13-32(37(5,35)36)17-11-12-21(28)22(29)14-17/h6,8-9,11-12,14,16H,7,10,13,15H2,1-5H3,(H,30,34)/t16-/m0/s1. The molecule has 1 N–H and O–H groups in total. The monoisotopic (exact) mass is 577 g/mol. The molecule has 2 aromatic rings. The number of carbonyl (C=O) groups is 2. The molecule has 37 heavy (non-hydrogen) atoms. The highest BCUT2D eigenvalue weighted by atomic mass is 35.5. The lowest BCUT2D eigenvalue weighted by Crippen LogP contribution is -2.52. The summed E-state index contributed by atoms with van der Waals surface area (Å²) in [5.41, 5.74) is -0.136. The van der Waals surface area contributed by atoms with Gasteiger partial charge in [0.05, 0.1) is 11.9 Å². The Bertz CT molecular complexity index is 1230. The Labute approximate surface area is 226 Å². The second-order valence-electron chi connectivity index (χ2n) is 9.67. The van der Waals surface area contributed by atoms with Gasteiger partial charge in [0.25, 0.3) is 0 Å². The highest BCUT2D eigenvalue weighted by Gasteiger charge is 2.29. The summed E-state index contributed by atoms with van der Waals surface area (Å²) in [7, 11) is -3.86. The van der Waals surface area contributed by atoms with Crippen molar-refractivity contribution < 1.29 is 26.8 Å². The third-order valence-electron chi connectivity index (χ3n) is 5.40. The highest BCUT2D eigenvalue weighted by molar-refractivity contribution is 7.92. The van der Waals surface area contributed by atoms with Crippen LogP contribution in [0.25, 0.3) is 0 Å². The normalized spacial score (nSPS) is 12.7. The van der Waals surface area contributed by atoms with Gasteiger partial charge in [0.1, 0.15) is 6.04 Å². The molecule has 2 amide bonds. The molecule has 0 fully saturated rings. The molecule has 0 aromatic heterocycles. The molecular weight excluding hydrogens is 547 g/mol. The summed E-state index contributed by atoms with van der Waals surface area (Å²) in [5, 5.41) is 3.50. The summed E-state index contributed by atoms with van der Waals surface area (Å²) >= 11 is 12.6. The van der Waals surface area contributed by atoms with Crippen molar-refractivity contribution in [2.45, 2.75) is 58.7 Å². The summed E-state index contributed by atoms with van der Waals surface area (Å²) in [5.74, 6) is -3.12. The Morgan fingerprint density at radius 2 is 1.65 bits per heavy atom. The molecule has 204 valence electrons. The number of hydrogen-bond donors (Lipinski definition) is 1. The van der Waals surface area contributed by atoms with Crippen LogP contribution >= 0.6 is 23.2 Å². The van der Waals surface area contributed by atoms with Crippen molar-refractivity contribution in [3.63, 3.8) is 0 Å². The van der Waals surface area contributed by atoms with Crippen LogP contribution in [-0.2, 0) is 26.2 Å². The first kappa shape index (κ1) is 30.8. The first-order valence-corrected chi connectivity index (χ1v) is 14.1.